The van der Waals surface area contributed by atoms with Gasteiger partial charge in [0.2, 0.25) is 0 Å². The highest BCUT2D eigenvalue weighted by molar-refractivity contribution is 5.43. The van der Waals surface area contributed by atoms with Gasteiger partial charge in [0.15, 0.2) is 11.5 Å². The molecule has 0 unspecified atom stereocenters. The van der Waals surface area contributed by atoms with Crippen molar-refractivity contribution in [2.45, 2.75) is 32.7 Å². The van der Waals surface area contributed by atoms with Crippen LogP contribution in [0.2, 0.25) is 0 Å². The van der Waals surface area contributed by atoms with E-state index in [1.165, 1.54) is 11.1 Å². The molecular formula is C20H27NO3. The number of hydrogen-bond acceptors (Lipinski definition) is 4. The maximum atomic E-state index is 9.29. The first-order chi connectivity index (χ1) is 11.7. The van der Waals surface area contributed by atoms with Crippen LogP contribution in [0.3, 0.4) is 0 Å². The molecule has 0 fully saturated rings. The van der Waals surface area contributed by atoms with Crippen molar-refractivity contribution >= 4 is 0 Å². The first-order valence-corrected chi connectivity index (χ1v) is 8.51. The Kier molecular flexibility index (Phi) is 7.43. The molecular weight excluding hydrogens is 302 g/mol. The Morgan fingerprint density at radius 1 is 1.00 bits per heavy atom. The fourth-order valence-corrected chi connectivity index (χ4v) is 2.40. The van der Waals surface area contributed by atoms with E-state index in [-0.39, 0.29) is 0 Å². The summed E-state index contributed by atoms with van der Waals surface area (Å²) in [5, 5.41) is 12.7. The highest BCUT2D eigenvalue weighted by atomic mass is 16.5. The summed E-state index contributed by atoms with van der Waals surface area (Å²) in [4.78, 5) is 0. The maximum Gasteiger partial charge on any atom is 0.161 e. The second-order valence-corrected chi connectivity index (χ2v) is 5.78. The molecule has 130 valence electrons. The molecule has 24 heavy (non-hydrogen) atoms. The summed E-state index contributed by atoms with van der Waals surface area (Å²) < 4.78 is 11.2. The van der Waals surface area contributed by atoms with Crippen LogP contribution in [0, 0.1) is 0 Å². The molecule has 0 saturated heterocycles. The summed E-state index contributed by atoms with van der Waals surface area (Å²) in [7, 11) is 1.66. The van der Waals surface area contributed by atoms with Gasteiger partial charge in [-0.2, -0.15) is 0 Å². The van der Waals surface area contributed by atoms with Crippen LogP contribution in [0.4, 0.5) is 0 Å². The molecule has 0 radical (unpaired) electrons. The molecule has 0 saturated carbocycles. The van der Waals surface area contributed by atoms with Gasteiger partial charge >= 0.3 is 0 Å². The van der Waals surface area contributed by atoms with Crippen molar-refractivity contribution in [2.24, 2.45) is 0 Å². The zero-order chi connectivity index (χ0) is 17.2. The number of benzene rings is 2. The smallest absolute Gasteiger partial charge is 0.161 e. The number of unbranched alkanes of at least 4 members (excludes halogenated alkanes) is 1. The lowest BCUT2D eigenvalue weighted by molar-refractivity contribution is 0.288. The molecule has 4 heteroatoms. The minimum atomic E-state index is 0.306. The van der Waals surface area contributed by atoms with Crippen molar-refractivity contribution in [3.63, 3.8) is 0 Å². The van der Waals surface area contributed by atoms with E-state index in [0.29, 0.717) is 12.4 Å². The van der Waals surface area contributed by atoms with Crippen LogP contribution < -0.4 is 14.8 Å². The Bertz CT molecular complexity index is 611. The number of hydrogen-bond donors (Lipinski definition) is 2. The Hall–Kier alpha value is -2.20. The van der Waals surface area contributed by atoms with Crippen LogP contribution in [-0.4, -0.2) is 25.4 Å². The summed E-state index contributed by atoms with van der Waals surface area (Å²) in [5.41, 5.74) is 2.38. The quantitative estimate of drug-likeness (QED) is 0.649. The van der Waals surface area contributed by atoms with Crippen molar-refractivity contribution in [1.82, 2.24) is 5.32 Å². The largest absolute Gasteiger partial charge is 0.508 e. The second kappa shape index (κ2) is 9.83. The minimum Gasteiger partial charge on any atom is -0.508 e. The Labute approximate surface area is 144 Å². The van der Waals surface area contributed by atoms with E-state index in [1.807, 2.05) is 24.3 Å². The van der Waals surface area contributed by atoms with E-state index < -0.39 is 0 Å². The van der Waals surface area contributed by atoms with Crippen molar-refractivity contribution < 1.29 is 14.6 Å². The van der Waals surface area contributed by atoms with Gasteiger partial charge in [-0.05, 0) is 54.8 Å². The third-order valence-electron chi connectivity index (χ3n) is 3.84. The van der Waals surface area contributed by atoms with Gasteiger partial charge in [-0.15, -0.1) is 0 Å². The number of nitrogens with one attached hydrogen (secondary N) is 1. The molecule has 0 aliphatic rings. The summed E-state index contributed by atoms with van der Waals surface area (Å²) in [6, 6.07) is 13.4. The van der Waals surface area contributed by atoms with E-state index >= 15 is 0 Å². The first-order valence-electron chi connectivity index (χ1n) is 8.51. The van der Waals surface area contributed by atoms with Crippen molar-refractivity contribution in [1.29, 1.82) is 0 Å². The van der Waals surface area contributed by atoms with Gasteiger partial charge in [0, 0.05) is 6.54 Å². The van der Waals surface area contributed by atoms with Crippen LogP contribution in [0.15, 0.2) is 42.5 Å². The van der Waals surface area contributed by atoms with Crippen LogP contribution in [0.1, 0.15) is 30.9 Å². The van der Waals surface area contributed by atoms with E-state index in [2.05, 4.69) is 18.3 Å². The molecule has 0 bridgehead atoms. The van der Waals surface area contributed by atoms with E-state index in [1.54, 1.807) is 19.2 Å². The lowest BCUT2D eigenvalue weighted by Crippen LogP contribution is -2.16. The fraction of sp³-hybridized carbons (Fsp3) is 0.400. The number of phenols is 1. The minimum absolute atomic E-state index is 0.306. The average Bonchev–Trinajstić information content (AvgIpc) is 2.61. The molecule has 0 spiro atoms. The number of ether oxygens (including phenoxy) is 2. The second-order valence-electron chi connectivity index (χ2n) is 5.78. The zero-order valence-corrected chi connectivity index (χ0v) is 14.5. The molecule has 0 amide bonds. The van der Waals surface area contributed by atoms with Crippen LogP contribution in [-0.2, 0) is 13.0 Å². The van der Waals surface area contributed by atoms with Gasteiger partial charge in [0.1, 0.15) is 5.75 Å². The van der Waals surface area contributed by atoms with Gasteiger partial charge in [-0.3, -0.25) is 0 Å². The Balaban J connectivity index is 1.83. The number of methoxy groups -OCH3 is 1. The van der Waals surface area contributed by atoms with Gasteiger partial charge in [-0.1, -0.05) is 31.5 Å². The lowest BCUT2D eigenvalue weighted by Gasteiger charge is -2.12. The molecule has 0 heterocycles. The summed E-state index contributed by atoms with van der Waals surface area (Å²) in [6.45, 7) is 4.52. The molecule has 2 N–H and O–H groups in total. The molecule has 0 aromatic heterocycles. The van der Waals surface area contributed by atoms with Crippen LogP contribution in [0.25, 0.3) is 0 Å². The predicted octanol–water partition coefficient (Wildman–Crippen LogP) is 3.91. The average molecular weight is 329 g/mol. The number of rotatable bonds is 10. The SMILES string of the molecule is CCCCOc1cc(CNCCc2ccc(O)cc2)ccc1OC. The maximum absolute atomic E-state index is 9.29. The topological polar surface area (TPSA) is 50.7 Å². The molecule has 0 atom stereocenters. The molecule has 2 aromatic carbocycles. The monoisotopic (exact) mass is 329 g/mol. The third-order valence-corrected chi connectivity index (χ3v) is 3.84. The number of aromatic hydroxyl groups is 1. The Morgan fingerprint density at radius 2 is 1.75 bits per heavy atom. The number of phenolic OH excluding ortho intramolecular Hbond substituents is 1. The van der Waals surface area contributed by atoms with Crippen molar-refractivity contribution in [3.8, 4) is 17.2 Å². The standard InChI is InChI=1S/C20H27NO3/c1-3-4-13-24-20-14-17(7-10-19(20)23-2)15-21-12-11-16-5-8-18(22)9-6-16/h5-10,14,21-22H,3-4,11-13,15H2,1-2H3. The van der Waals surface area contributed by atoms with Gasteiger partial charge in [0.25, 0.3) is 0 Å². The van der Waals surface area contributed by atoms with Crippen molar-refractivity contribution in [2.75, 3.05) is 20.3 Å². The summed E-state index contributed by atoms with van der Waals surface area (Å²) in [5.74, 6) is 1.89. The fourth-order valence-electron chi connectivity index (χ4n) is 2.40. The van der Waals surface area contributed by atoms with E-state index in [4.69, 9.17) is 9.47 Å². The lowest BCUT2D eigenvalue weighted by atomic mass is 10.1. The van der Waals surface area contributed by atoms with E-state index in [0.717, 1.165) is 43.9 Å². The van der Waals surface area contributed by atoms with E-state index in [9.17, 15) is 5.11 Å². The van der Waals surface area contributed by atoms with Crippen molar-refractivity contribution in [3.05, 3.63) is 53.6 Å². The molecule has 2 rings (SSSR count). The summed E-state index contributed by atoms with van der Waals surface area (Å²) in [6.07, 6.45) is 3.08. The highest BCUT2D eigenvalue weighted by Gasteiger charge is 2.05. The van der Waals surface area contributed by atoms with Gasteiger partial charge in [0.05, 0.1) is 13.7 Å². The molecule has 0 aliphatic carbocycles. The Morgan fingerprint density at radius 3 is 2.46 bits per heavy atom. The first kappa shape index (κ1) is 18.1. The normalized spacial score (nSPS) is 10.6. The molecule has 0 aliphatic heterocycles. The molecule has 4 nitrogen and oxygen atoms in total. The highest BCUT2D eigenvalue weighted by Crippen LogP contribution is 2.28. The van der Waals surface area contributed by atoms with Crippen LogP contribution in [0.5, 0.6) is 17.2 Å². The third kappa shape index (κ3) is 5.78. The van der Waals surface area contributed by atoms with Crippen LogP contribution >= 0.6 is 0 Å². The molecule has 2 aromatic rings. The zero-order valence-electron chi connectivity index (χ0n) is 14.5. The van der Waals surface area contributed by atoms with Gasteiger partial charge in [-0.25, -0.2) is 0 Å². The van der Waals surface area contributed by atoms with Gasteiger partial charge < -0.3 is 19.9 Å². The summed E-state index contributed by atoms with van der Waals surface area (Å²) >= 11 is 0. The predicted molar refractivity (Wildman–Crippen MR) is 96.9 cm³/mol.